The molecule has 0 aliphatic rings. The molecule has 3 aromatic heterocycles. The zero-order valence-corrected chi connectivity index (χ0v) is 19.5. The first-order valence-corrected chi connectivity index (χ1v) is 10.9. The van der Waals surface area contributed by atoms with Crippen LogP contribution in [-0.4, -0.2) is 44.4 Å². The fourth-order valence-electron chi connectivity index (χ4n) is 4.05. The molecule has 5 rings (SSSR count). The van der Waals surface area contributed by atoms with E-state index >= 15 is 0 Å². The number of imidazole rings is 1. The number of pyridine rings is 1. The van der Waals surface area contributed by atoms with E-state index in [1.807, 2.05) is 60.4 Å². The number of rotatable bonds is 7. The van der Waals surface area contributed by atoms with E-state index in [4.69, 9.17) is 9.47 Å². The Kier molecular flexibility index (Phi) is 5.86. The van der Waals surface area contributed by atoms with Crippen LogP contribution < -0.4 is 5.32 Å². The summed E-state index contributed by atoms with van der Waals surface area (Å²) in [6.45, 7) is 0. The third-order valence-electron chi connectivity index (χ3n) is 5.83. The summed E-state index contributed by atoms with van der Waals surface area (Å²) in [5, 5.41) is 7.11. The number of carbonyl (C=O) groups is 1. The summed E-state index contributed by atoms with van der Waals surface area (Å²) < 4.78 is 15.1. The highest BCUT2D eigenvalue weighted by atomic mass is 16.7. The number of carbonyl (C=O) groups excluding carboxylic acids is 1. The van der Waals surface area contributed by atoms with E-state index in [0.717, 1.165) is 22.2 Å². The molecular weight excluding hydrogens is 444 g/mol. The summed E-state index contributed by atoms with van der Waals surface area (Å²) in [4.78, 5) is 22.2. The van der Waals surface area contributed by atoms with Gasteiger partial charge in [0, 0.05) is 44.8 Å². The summed E-state index contributed by atoms with van der Waals surface area (Å²) in [5.74, 6) is -1.99. The zero-order chi connectivity index (χ0) is 24.4. The van der Waals surface area contributed by atoms with Crippen molar-refractivity contribution in [3.63, 3.8) is 0 Å². The minimum absolute atomic E-state index is 0.359. The number of hydrogen-bond donors (Lipinski definition) is 1. The Morgan fingerprint density at radius 2 is 1.77 bits per heavy atom. The van der Waals surface area contributed by atoms with Crippen LogP contribution in [0.15, 0.2) is 85.6 Å². The zero-order valence-electron chi connectivity index (χ0n) is 19.5. The van der Waals surface area contributed by atoms with Crippen molar-refractivity contribution >= 4 is 16.9 Å². The number of aryl methyl sites for hydroxylation is 1. The molecule has 9 nitrogen and oxygen atoms in total. The summed E-state index contributed by atoms with van der Waals surface area (Å²) in [5.41, 5.74) is 5.19. The van der Waals surface area contributed by atoms with E-state index in [1.165, 1.54) is 14.2 Å². The number of nitrogens with zero attached hydrogens (tertiary/aromatic N) is 5. The number of amides is 1. The lowest BCUT2D eigenvalue weighted by Gasteiger charge is -2.32. The highest BCUT2D eigenvalue weighted by Gasteiger charge is 2.39. The average molecular weight is 469 g/mol. The van der Waals surface area contributed by atoms with E-state index in [9.17, 15) is 4.79 Å². The molecule has 0 saturated carbocycles. The van der Waals surface area contributed by atoms with Crippen LogP contribution in [0.1, 0.15) is 16.1 Å². The normalized spacial score (nSPS) is 11.6. The SMILES string of the molecule is COC(NC(=O)c1ccccc1)(OC)c1ncccc1-n1cnc2cc(-c3cnn(C)c3)ccc21. The number of methoxy groups -OCH3 is 2. The van der Waals surface area contributed by atoms with Gasteiger partial charge in [0.15, 0.2) is 0 Å². The van der Waals surface area contributed by atoms with Crippen LogP contribution in [0.2, 0.25) is 0 Å². The van der Waals surface area contributed by atoms with Crippen LogP contribution in [0, 0.1) is 0 Å². The summed E-state index contributed by atoms with van der Waals surface area (Å²) in [6, 6.07) is 18.6. The van der Waals surface area contributed by atoms with Gasteiger partial charge in [-0.1, -0.05) is 24.3 Å². The Hall–Kier alpha value is -4.34. The third kappa shape index (κ3) is 4.07. The lowest BCUT2D eigenvalue weighted by Crippen LogP contribution is -2.50. The summed E-state index contributed by atoms with van der Waals surface area (Å²) >= 11 is 0. The van der Waals surface area contributed by atoms with Crippen LogP contribution in [0.5, 0.6) is 0 Å². The highest BCUT2D eigenvalue weighted by Crippen LogP contribution is 2.31. The Labute approximate surface area is 202 Å². The van der Waals surface area contributed by atoms with Crippen molar-refractivity contribution in [1.82, 2.24) is 29.6 Å². The highest BCUT2D eigenvalue weighted by molar-refractivity contribution is 5.94. The van der Waals surface area contributed by atoms with Gasteiger partial charge in [-0.3, -0.25) is 24.3 Å². The van der Waals surface area contributed by atoms with Crippen molar-refractivity contribution in [3.8, 4) is 16.8 Å². The number of ether oxygens (including phenoxy) is 2. The second kappa shape index (κ2) is 9.13. The third-order valence-corrected chi connectivity index (χ3v) is 5.83. The van der Waals surface area contributed by atoms with Crippen molar-refractivity contribution in [2.24, 2.45) is 7.05 Å². The minimum Gasteiger partial charge on any atom is -0.331 e. The van der Waals surface area contributed by atoms with Gasteiger partial charge < -0.3 is 9.47 Å². The van der Waals surface area contributed by atoms with E-state index < -0.39 is 5.91 Å². The average Bonchev–Trinajstić information content (AvgIpc) is 3.53. The largest absolute Gasteiger partial charge is 0.331 e. The minimum atomic E-state index is -1.63. The monoisotopic (exact) mass is 468 g/mol. The van der Waals surface area contributed by atoms with Gasteiger partial charge >= 0.3 is 0 Å². The lowest BCUT2D eigenvalue weighted by atomic mass is 10.1. The van der Waals surface area contributed by atoms with Gasteiger partial charge in [-0.15, -0.1) is 0 Å². The van der Waals surface area contributed by atoms with Crippen LogP contribution >= 0.6 is 0 Å². The molecule has 176 valence electrons. The van der Waals surface area contributed by atoms with Gasteiger partial charge in [-0.05, 0) is 42.0 Å². The number of hydrogen-bond acceptors (Lipinski definition) is 6. The fraction of sp³-hybridized carbons (Fsp3) is 0.154. The number of benzene rings is 2. The molecule has 0 aliphatic carbocycles. The molecule has 0 fully saturated rings. The number of aromatic nitrogens is 5. The Balaban J connectivity index is 1.57. The van der Waals surface area contributed by atoms with Crippen molar-refractivity contribution in [2.75, 3.05) is 14.2 Å². The maximum atomic E-state index is 13.0. The van der Waals surface area contributed by atoms with Crippen LogP contribution in [-0.2, 0) is 22.4 Å². The van der Waals surface area contributed by atoms with Gasteiger partial charge in [0.1, 0.15) is 12.0 Å². The van der Waals surface area contributed by atoms with Crippen molar-refractivity contribution < 1.29 is 14.3 Å². The first-order valence-electron chi connectivity index (χ1n) is 10.9. The smallest absolute Gasteiger partial charge is 0.299 e. The predicted molar refractivity (Wildman–Crippen MR) is 131 cm³/mol. The van der Waals surface area contributed by atoms with Gasteiger partial charge in [0.25, 0.3) is 11.8 Å². The standard InChI is InChI=1S/C26H24N6O3/c1-31-16-20(15-29-31)19-11-12-22-21(14-19)28-17-32(22)23-10-7-13-27-24(23)26(34-2,35-3)30-25(33)18-8-5-4-6-9-18/h4-17H,1-3H3,(H,30,33). The van der Waals surface area contributed by atoms with Gasteiger partial charge in [0.2, 0.25) is 0 Å². The molecule has 0 spiro atoms. The van der Waals surface area contributed by atoms with Gasteiger partial charge in [0.05, 0.1) is 22.9 Å². The summed E-state index contributed by atoms with van der Waals surface area (Å²) in [7, 11) is 4.80. The first-order chi connectivity index (χ1) is 17.0. The molecule has 35 heavy (non-hydrogen) atoms. The molecule has 2 aromatic carbocycles. The second-order valence-corrected chi connectivity index (χ2v) is 7.94. The Bertz CT molecular complexity index is 1490. The molecule has 5 aromatic rings. The van der Waals surface area contributed by atoms with E-state index in [1.54, 1.807) is 41.5 Å². The van der Waals surface area contributed by atoms with Crippen molar-refractivity contribution in [2.45, 2.75) is 5.91 Å². The molecule has 1 amide bonds. The lowest BCUT2D eigenvalue weighted by molar-refractivity contribution is -0.231. The van der Waals surface area contributed by atoms with Crippen LogP contribution in [0.3, 0.4) is 0 Å². The molecule has 0 radical (unpaired) electrons. The topological polar surface area (TPSA) is 96.1 Å². The van der Waals surface area contributed by atoms with Crippen LogP contribution in [0.4, 0.5) is 0 Å². The molecule has 0 bridgehead atoms. The number of nitrogens with one attached hydrogen (secondary N) is 1. The fourth-order valence-corrected chi connectivity index (χ4v) is 4.05. The molecule has 1 N–H and O–H groups in total. The molecule has 0 unspecified atom stereocenters. The summed E-state index contributed by atoms with van der Waals surface area (Å²) in [6.07, 6.45) is 7.11. The van der Waals surface area contributed by atoms with E-state index in [-0.39, 0.29) is 5.91 Å². The Morgan fingerprint density at radius 3 is 2.49 bits per heavy atom. The molecule has 0 atom stereocenters. The molecule has 0 saturated heterocycles. The number of fused-ring (bicyclic) bond motifs is 1. The van der Waals surface area contributed by atoms with Crippen LogP contribution in [0.25, 0.3) is 27.8 Å². The maximum Gasteiger partial charge on any atom is 0.299 e. The van der Waals surface area contributed by atoms with Crippen molar-refractivity contribution in [1.29, 1.82) is 0 Å². The molecule has 0 aliphatic heterocycles. The first kappa shape index (κ1) is 22.5. The van der Waals surface area contributed by atoms with Gasteiger partial charge in [-0.2, -0.15) is 5.10 Å². The van der Waals surface area contributed by atoms with Gasteiger partial charge in [-0.25, -0.2) is 4.98 Å². The molecule has 9 heteroatoms. The van der Waals surface area contributed by atoms with Crippen molar-refractivity contribution in [3.05, 3.63) is 96.8 Å². The quantitative estimate of drug-likeness (QED) is 0.366. The van der Waals surface area contributed by atoms with E-state index in [0.29, 0.717) is 16.9 Å². The second-order valence-electron chi connectivity index (χ2n) is 7.94. The van der Waals surface area contributed by atoms with E-state index in [2.05, 4.69) is 20.4 Å². The maximum absolute atomic E-state index is 13.0. The molecule has 3 heterocycles. The Morgan fingerprint density at radius 1 is 0.971 bits per heavy atom. The predicted octanol–water partition coefficient (Wildman–Crippen LogP) is 3.65. The molecular formula is C26H24N6O3.